The first kappa shape index (κ1) is 8.62. The number of rotatable bonds is 2. The summed E-state index contributed by atoms with van der Waals surface area (Å²) in [7, 11) is 0. The van der Waals surface area contributed by atoms with Crippen LogP contribution in [-0.2, 0) is 0 Å². The predicted octanol–water partition coefficient (Wildman–Crippen LogP) is 1.97. The van der Waals surface area contributed by atoms with E-state index in [0.29, 0.717) is 5.75 Å². The van der Waals surface area contributed by atoms with E-state index in [1.165, 1.54) is 0 Å². The largest absolute Gasteiger partial charge is 0.454 e. The van der Waals surface area contributed by atoms with Crippen molar-refractivity contribution in [1.29, 1.82) is 0 Å². The van der Waals surface area contributed by atoms with Crippen molar-refractivity contribution >= 4 is 0 Å². The minimum atomic E-state index is 0.627. The van der Waals surface area contributed by atoms with Crippen molar-refractivity contribution in [1.82, 2.24) is 15.0 Å². The average molecular weight is 187 g/mol. The molecule has 0 aliphatic carbocycles. The highest BCUT2D eigenvalue weighted by Gasteiger charge is 1.96. The Hall–Kier alpha value is -1.97. The fourth-order valence-corrected chi connectivity index (χ4v) is 0.976. The number of ether oxygens (including phenoxy) is 1. The molecule has 0 N–H and O–H groups in total. The van der Waals surface area contributed by atoms with Crippen LogP contribution in [0.5, 0.6) is 11.5 Å². The molecule has 2 aromatic rings. The van der Waals surface area contributed by atoms with Crippen molar-refractivity contribution in [2.45, 2.75) is 6.92 Å². The Balaban J connectivity index is 2.16. The maximum atomic E-state index is 5.47. The molecule has 0 fully saturated rings. The minimum Gasteiger partial charge on any atom is -0.454 e. The van der Waals surface area contributed by atoms with Crippen molar-refractivity contribution in [3.8, 4) is 11.5 Å². The molecule has 2 rings (SSSR count). The van der Waals surface area contributed by atoms with Crippen molar-refractivity contribution < 1.29 is 4.74 Å². The second kappa shape index (κ2) is 3.83. The van der Waals surface area contributed by atoms with Gasteiger partial charge in [0, 0.05) is 12.4 Å². The number of aromatic nitrogens is 3. The van der Waals surface area contributed by atoms with Crippen LogP contribution in [0, 0.1) is 6.92 Å². The lowest BCUT2D eigenvalue weighted by molar-refractivity contribution is 0.476. The highest BCUT2D eigenvalue weighted by atomic mass is 16.5. The number of nitrogens with zero attached hydrogens (tertiary/aromatic N) is 3. The van der Waals surface area contributed by atoms with Gasteiger partial charge in [-0.15, -0.1) is 0 Å². The van der Waals surface area contributed by atoms with Crippen LogP contribution in [0.2, 0.25) is 0 Å². The molecule has 0 atom stereocenters. The van der Waals surface area contributed by atoms with Crippen LogP contribution in [0.4, 0.5) is 0 Å². The van der Waals surface area contributed by atoms with Crippen LogP contribution in [0.15, 0.2) is 36.9 Å². The molecule has 0 aliphatic heterocycles. The van der Waals surface area contributed by atoms with Gasteiger partial charge in [-0.05, 0) is 19.1 Å². The molecule has 0 saturated heterocycles. The SMILES string of the molecule is Cc1ncc(Oc2ccncc2)cn1. The maximum Gasteiger partial charge on any atom is 0.164 e. The second-order valence-electron chi connectivity index (χ2n) is 2.75. The Labute approximate surface area is 81.6 Å². The summed E-state index contributed by atoms with van der Waals surface area (Å²) in [5, 5.41) is 0. The third-order valence-electron chi connectivity index (χ3n) is 1.64. The Kier molecular flexibility index (Phi) is 2.36. The molecule has 14 heavy (non-hydrogen) atoms. The van der Waals surface area contributed by atoms with Crippen molar-refractivity contribution in [2.75, 3.05) is 0 Å². The van der Waals surface area contributed by atoms with Crippen LogP contribution in [0.3, 0.4) is 0 Å². The van der Waals surface area contributed by atoms with E-state index in [2.05, 4.69) is 15.0 Å². The Morgan fingerprint density at radius 3 is 2.29 bits per heavy atom. The van der Waals surface area contributed by atoms with E-state index >= 15 is 0 Å². The molecule has 0 aromatic carbocycles. The molecule has 2 aromatic heterocycles. The molecular weight excluding hydrogens is 178 g/mol. The van der Waals surface area contributed by atoms with E-state index < -0.39 is 0 Å². The van der Waals surface area contributed by atoms with Gasteiger partial charge in [0.25, 0.3) is 0 Å². The molecule has 0 saturated carbocycles. The molecular formula is C10H9N3O. The van der Waals surface area contributed by atoms with Gasteiger partial charge in [0.05, 0.1) is 12.4 Å². The lowest BCUT2D eigenvalue weighted by Gasteiger charge is -2.03. The zero-order valence-corrected chi connectivity index (χ0v) is 7.71. The van der Waals surface area contributed by atoms with Crippen LogP contribution in [-0.4, -0.2) is 15.0 Å². The van der Waals surface area contributed by atoms with E-state index in [9.17, 15) is 0 Å². The maximum absolute atomic E-state index is 5.47. The number of hydrogen-bond acceptors (Lipinski definition) is 4. The zero-order valence-electron chi connectivity index (χ0n) is 7.71. The van der Waals surface area contributed by atoms with Crippen molar-refractivity contribution in [2.24, 2.45) is 0 Å². The summed E-state index contributed by atoms with van der Waals surface area (Å²) in [4.78, 5) is 11.9. The lowest BCUT2D eigenvalue weighted by Crippen LogP contribution is -1.89. The fourth-order valence-electron chi connectivity index (χ4n) is 0.976. The first-order valence-corrected chi connectivity index (χ1v) is 4.21. The minimum absolute atomic E-state index is 0.627. The number of aryl methyl sites for hydroxylation is 1. The quantitative estimate of drug-likeness (QED) is 0.721. The van der Waals surface area contributed by atoms with E-state index in [4.69, 9.17) is 4.74 Å². The van der Waals surface area contributed by atoms with Gasteiger partial charge in [-0.2, -0.15) is 0 Å². The molecule has 0 aliphatic rings. The Morgan fingerprint density at radius 2 is 1.64 bits per heavy atom. The predicted molar refractivity (Wildman–Crippen MR) is 51.1 cm³/mol. The summed E-state index contributed by atoms with van der Waals surface area (Å²) >= 11 is 0. The first-order chi connectivity index (χ1) is 6.84. The molecule has 4 heteroatoms. The second-order valence-corrected chi connectivity index (χ2v) is 2.75. The molecule has 0 unspecified atom stereocenters. The van der Waals surface area contributed by atoms with Crippen LogP contribution in [0.25, 0.3) is 0 Å². The van der Waals surface area contributed by atoms with Gasteiger partial charge in [0.15, 0.2) is 5.75 Å². The average Bonchev–Trinajstić information content (AvgIpc) is 2.23. The normalized spacial score (nSPS) is 9.79. The molecule has 0 amide bonds. The lowest BCUT2D eigenvalue weighted by atomic mass is 10.4. The van der Waals surface area contributed by atoms with Gasteiger partial charge >= 0.3 is 0 Å². The van der Waals surface area contributed by atoms with Gasteiger partial charge < -0.3 is 4.74 Å². The summed E-state index contributed by atoms with van der Waals surface area (Å²) in [6.45, 7) is 1.83. The third kappa shape index (κ3) is 2.04. The highest BCUT2D eigenvalue weighted by Crippen LogP contribution is 2.17. The summed E-state index contributed by atoms with van der Waals surface area (Å²) in [6, 6.07) is 3.56. The number of pyridine rings is 1. The summed E-state index contributed by atoms with van der Waals surface area (Å²) in [5.74, 6) is 2.08. The summed E-state index contributed by atoms with van der Waals surface area (Å²) in [6.07, 6.45) is 6.63. The summed E-state index contributed by atoms with van der Waals surface area (Å²) in [5.41, 5.74) is 0. The Bertz CT molecular complexity index is 399. The Morgan fingerprint density at radius 1 is 1.00 bits per heavy atom. The van der Waals surface area contributed by atoms with E-state index in [1.54, 1.807) is 36.9 Å². The molecule has 70 valence electrons. The topological polar surface area (TPSA) is 47.9 Å². The fraction of sp³-hybridized carbons (Fsp3) is 0.100. The number of hydrogen-bond donors (Lipinski definition) is 0. The van der Waals surface area contributed by atoms with Crippen molar-refractivity contribution in [3.05, 3.63) is 42.7 Å². The molecule has 0 spiro atoms. The van der Waals surface area contributed by atoms with E-state index in [0.717, 1.165) is 11.6 Å². The molecule has 0 bridgehead atoms. The molecule has 4 nitrogen and oxygen atoms in total. The monoisotopic (exact) mass is 187 g/mol. The third-order valence-corrected chi connectivity index (χ3v) is 1.64. The van der Waals surface area contributed by atoms with E-state index in [1.807, 2.05) is 6.92 Å². The summed E-state index contributed by atoms with van der Waals surface area (Å²) < 4.78 is 5.47. The molecule has 0 radical (unpaired) electrons. The van der Waals surface area contributed by atoms with Crippen LogP contribution in [0.1, 0.15) is 5.82 Å². The van der Waals surface area contributed by atoms with Crippen LogP contribution >= 0.6 is 0 Å². The van der Waals surface area contributed by atoms with Crippen LogP contribution < -0.4 is 4.74 Å². The van der Waals surface area contributed by atoms with E-state index in [-0.39, 0.29) is 0 Å². The van der Waals surface area contributed by atoms with Gasteiger partial charge in [0.2, 0.25) is 0 Å². The zero-order chi connectivity index (χ0) is 9.80. The molecule has 2 heterocycles. The highest BCUT2D eigenvalue weighted by molar-refractivity contribution is 5.25. The van der Waals surface area contributed by atoms with Crippen molar-refractivity contribution in [3.63, 3.8) is 0 Å². The van der Waals surface area contributed by atoms with Gasteiger partial charge in [-0.3, -0.25) is 4.98 Å². The van der Waals surface area contributed by atoms with Gasteiger partial charge in [-0.1, -0.05) is 0 Å². The standard InChI is InChI=1S/C10H9N3O/c1-8-12-6-10(7-13-8)14-9-2-4-11-5-3-9/h2-7H,1H3. The smallest absolute Gasteiger partial charge is 0.164 e. The first-order valence-electron chi connectivity index (χ1n) is 4.21. The van der Waals surface area contributed by atoms with Gasteiger partial charge in [-0.25, -0.2) is 9.97 Å². The van der Waals surface area contributed by atoms with Gasteiger partial charge in [0.1, 0.15) is 11.6 Å².